The quantitative estimate of drug-likeness (QED) is 0.267. The SMILES string of the molecule is CC(=O)Nc1c(I)c(NC(C)=O)c(I)c(C(=O)N[C@@H](CC(N)=O)C(=O)O)c1I. The molecule has 0 heterocycles. The minimum atomic E-state index is -1.52. The zero-order chi connectivity index (χ0) is 21.8. The number of carboxylic acid groups (broad SMARTS) is 1. The average Bonchev–Trinajstić information content (AvgIpc) is 2.54. The van der Waals surface area contributed by atoms with E-state index in [0.29, 0.717) is 22.1 Å². The van der Waals surface area contributed by atoms with Crippen LogP contribution in [-0.2, 0) is 19.2 Å². The first-order valence-electron chi connectivity index (χ1n) is 7.44. The van der Waals surface area contributed by atoms with Crippen molar-refractivity contribution in [2.45, 2.75) is 26.3 Å². The highest BCUT2D eigenvalue weighted by atomic mass is 127. The summed E-state index contributed by atoms with van der Waals surface area (Å²) in [5.41, 5.74) is 5.67. The maximum Gasteiger partial charge on any atom is 0.326 e. The maximum atomic E-state index is 12.8. The molecule has 0 radical (unpaired) electrons. The zero-order valence-corrected chi connectivity index (χ0v) is 21.0. The lowest BCUT2D eigenvalue weighted by Crippen LogP contribution is -2.44. The van der Waals surface area contributed by atoms with E-state index in [0.717, 1.165) is 0 Å². The molecule has 0 aromatic heterocycles. The van der Waals surface area contributed by atoms with Crippen molar-refractivity contribution in [3.05, 3.63) is 16.3 Å². The second-order valence-electron chi connectivity index (χ2n) is 5.46. The number of carbonyl (C=O) groups excluding carboxylic acids is 4. The molecule has 1 aromatic carbocycles. The highest BCUT2D eigenvalue weighted by molar-refractivity contribution is 14.1. The highest BCUT2D eigenvalue weighted by Crippen LogP contribution is 2.39. The molecule has 0 bridgehead atoms. The summed E-state index contributed by atoms with van der Waals surface area (Å²) >= 11 is 5.61. The number of amides is 4. The van der Waals surface area contributed by atoms with E-state index in [1.165, 1.54) is 13.8 Å². The number of carbonyl (C=O) groups is 5. The predicted molar refractivity (Wildman–Crippen MR) is 126 cm³/mol. The van der Waals surface area contributed by atoms with Crippen LogP contribution in [0.3, 0.4) is 0 Å². The van der Waals surface area contributed by atoms with Gasteiger partial charge in [-0.1, -0.05) is 0 Å². The van der Waals surface area contributed by atoms with Gasteiger partial charge in [-0.2, -0.15) is 0 Å². The van der Waals surface area contributed by atoms with Gasteiger partial charge in [0.1, 0.15) is 6.04 Å². The van der Waals surface area contributed by atoms with Gasteiger partial charge < -0.3 is 26.8 Å². The van der Waals surface area contributed by atoms with Crippen molar-refractivity contribution in [1.82, 2.24) is 5.32 Å². The van der Waals surface area contributed by atoms with Crippen LogP contribution >= 0.6 is 67.8 Å². The number of carboxylic acids is 1. The van der Waals surface area contributed by atoms with Crippen molar-refractivity contribution in [1.29, 1.82) is 0 Å². The molecule has 0 aliphatic carbocycles. The third-order valence-electron chi connectivity index (χ3n) is 3.15. The molecule has 1 aromatic rings. The molecule has 28 heavy (non-hydrogen) atoms. The lowest BCUT2D eigenvalue weighted by atomic mass is 10.1. The molecule has 0 saturated heterocycles. The molecule has 0 aliphatic rings. The number of hydrogen-bond donors (Lipinski definition) is 5. The summed E-state index contributed by atoms with van der Waals surface area (Å²) < 4.78 is 1.19. The first kappa shape index (κ1) is 24.8. The van der Waals surface area contributed by atoms with Crippen LogP contribution in [0.25, 0.3) is 0 Å². The Morgan fingerprint density at radius 3 is 1.68 bits per heavy atom. The summed E-state index contributed by atoms with van der Waals surface area (Å²) in [5.74, 6) is -3.90. The Hall–Kier alpha value is -1.24. The molecule has 4 amide bonds. The van der Waals surface area contributed by atoms with Crippen LogP contribution < -0.4 is 21.7 Å². The number of aliphatic carboxylic acids is 1. The number of nitrogens with two attached hydrogens (primary N) is 1. The third-order valence-corrected chi connectivity index (χ3v) is 6.39. The third kappa shape index (κ3) is 6.39. The fourth-order valence-corrected chi connectivity index (χ4v) is 6.26. The summed E-state index contributed by atoms with van der Waals surface area (Å²) in [5, 5.41) is 16.7. The highest BCUT2D eigenvalue weighted by Gasteiger charge is 2.29. The van der Waals surface area contributed by atoms with Gasteiger partial charge in [-0.05, 0) is 67.8 Å². The van der Waals surface area contributed by atoms with Gasteiger partial charge in [-0.25, -0.2) is 4.79 Å². The molecule has 1 rings (SSSR count). The first-order chi connectivity index (χ1) is 12.9. The van der Waals surface area contributed by atoms with E-state index in [1.54, 1.807) is 0 Å². The van der Waals surface area contributed by atoms with Crippen molar-refractivity contribution in [3.63, 3.8) is 0 Å². The summed E-state index contributed by atoms with van der Waals surface area (Å²) in [4.78, 5) is 58.3. The molecule has 0 saturated carbocycles. The van der Waals surface area contributed by atoms with Crippen molar-refractivity contribution in [2.75, 3.05) is 10.6 Å². The van der Waals surface area contributed by atoms with E-state index >= 15 is 0 Å². The number of primary amides is 1. The number of nitrogens with one attached hydrogen (secondary N) is 3. The largest absolute Gasteiger partial charge is 0.480 e. The van der Waals surface area contributed by atoms with Crippen molar-refractivity contribution in [3.8, 4) is 0 Å². The van der Waals surface area contributed by atoms with Gasteiger partial charge in [0, 0.05) is 13.8 Å². The molecular weight excluding hydrogens is 713 g/mol. The smallest absolute Gasteiger partial charge is 0.326 e. The number of halogens is 3. The number of anilines is 2. The average molecular weight is 728 g/mol. The summed E-state index contributed by atoms with van der Waals surface area (Å²) in [7, 11) is 0. The zero-order valence-electron chi connectivity index (χ0n) is 14.5. The van der Waals surface area contributed by atoms with Crippen LogP contribution in [0.1, 0.15) is 30.6 Å². The van der Waals surface area contributed by atoms with E-state index in [1.807, 2.05) is 67.8 Å². The molecule has 0 fully saturated rings. The van der Waals surface area contributed by atoms with Crippen molar-refractivity contribution in [2.24, 2.45) is 5.73 Å². The fraction of sp³-hybridized carbons (Fsp3) is 0.267. The Morgan fingerprint density at radius 1 is 0.929 bits per heavy atom. The van der Waals surface area contributed by atoms with Gasteiger partial charge in [-0.15, -0.1) is 0 Å². The van der Waals surface area contributed by atoms with Crippen LogP contribution in [0, 0.1) is 10.7 Å². The molecular formula is C15H15I3N4O6. The van der Waals surface area contributed by atoms with E-state index in [2.05, 4.69) is 16.0 Å². The van der Waals surface area contributed by atoms with Gasteiger partial charge in [0.05, 0.1) is 34.1 Å². The Balaban J connectivity index is 3.56. The van der Waals surface area contributed by atoms with Gasteiger partial charge in [0.2, 0.25) is 17.7 Å². The Labute approximate surface area is 200 Å². The van der Waals surface area contributed by atoms with Gasteiger partial charge in [-0.3, -0.25) is 19.2 Å². The minimum absolute atomic E-state index is 0.0461. The second-order valence-corrected chi connectivity index (χ2v) is 8.70. The van der Waals surface area contributed by atoms with E-state index < -0.39 is 42.1 Å². The molecule has 0 aliphatic heterocycles. The van der Waals surface area contributed by atoms with Crippen LogP contribution in [0.2, 0.25) is 0 Å². The van der Waals surface area contributed by atoms with Gasteiger partial charge in [0.15, 0.2) is 0 Å². The maximum absolute atomic E-state index is 12.8. The van der Waals surface area contributed by atoms with E-state index in [9.17, 15) is 29.1 Å². The molecule has 13 heteroatoms. The molecule has 0 unspecified atom stereocenters. The molecule has 6 N–H and O–H groups in total. The predicted octanol–water partition coefficient (Wildman–Crippen LogP) is 1.48. The normalized spacial score (nSPS) is 11.3. The van der Waals surface area contributed by atoms with Crippen LogP contribution in [0.4, 0.5) is 11.4 Å². The van der Waals surface area contributed by atoms with E-state index in [4.69, 9.17) is 5.73 Å². The van der Waals surface area contributed by atoms with Crippen LogP contribution in [0.5, 0.6) is 0 Å². The summed E-state index contributed by atoms with van der Waals surface area (Å²) in [6.07, 6.45) is -0.588. The second kappa shape index (κ2) is 10.5. The van der Waals surface area contributed by atoms with Crippen molar-refractivity contribution >= 4 is 109 Å². The molecule has 0 spiro atoms. The topological polar surface area (TPSA) is 168 Å². The lowest BCUT2D eigenvalue weighted by molar-refractivity contribution is -0.141. The number of hydrogen-bond acceptors (Lipinski definition) is 5. The Bertz CT molecular complexity index is 831. The molecule has 10 nitrogen and oxygen atoms in total. The fourth-order valence-electron chi connectivity index (χ4n) is 2.07. The van der Waals surface area contributed by atoms with Crippen LogP contribution in [-0.4, -0.2) is 40.7 Å². The number of benzene rings is 1. The molecule has 1 atom stereocenters. The standard InChI is InChI=1S/C15H15I3N4O6/c1-4(23)20-12-9(16)8(10(17)13(11(12)18)21-5(2)24)14(26)22-6(15(27)28)3-7(19)25/h6H,3H2,1-2H3,(H2,19,25)(H,20,23)(H,21,24)(H,22,26)(H,27,28)/t6-/m0/s1. The minimum Gasteiger partial charge on any atom is -0.480 e. The Kier molecular flexibility index (Phi) is 9.31. The number of rotatable bonds is 7. The van der Waals surface area contributed by atoms with Crippen molar-refractivity contribution < 1.29 is 29.1 Å². The van der Waals surface area contributed by atoms with Gasteiger partial charge >= 0.3 is 5.97 Å². The van der Waals surface area contributed by atoms with Gasteiger partial charge in [0.25, 0.3) is 5.91 Å². The van der Waals surface area contributed by atoms with E-state index in [-0.39, 0.29) is 5.56 Å². The molecule has 152 valence electrons. The summed E-state index contributed by atoms with van der Waals surface area (Å²) in [6, 6.07) is -1.52. The Morgan fingerprint density at radius 2 is 1.36 bits per heavy atom. The first-order valence-corrected chi connectivity index (χ1v) is 10.7. The monoisotopic (exact) mass is 728 g/mol. The van der Waals surface area contributed by atoms with Crippen LogP contribution in [0.15, 0.2) is 0 Å². The lowest BCUT2D eigenvalue weighted by Gasteiger charge is -2.20. The summed E-state index contributed by atoms with van der Waals surface area (Å²) in [6.45, 7) is 2.57.